The fraction of sp³-hybridized carbons (Fsp3) is 0.158. The average molecular weight is 417 g/mol. The largest absolute Gasteiger partial charge is 0.496 e. The minimum Gasteiger partial charge on any atom is -0.496 e. The molecule has 128 valence electrons. The molecule has 0 saturated carbocycles. The van der Waals surface area contributed by atoms with Gasteiger partial charge in [-0.25, -0.2) is 4.98 Å². The van der Waals surface area contributed by atoms with Crippen LogP contribution in [0.25, 0.3) is 10.6 Å². The number of ether oxygens (including phenoxy) is 1. The van der Waals surface area contributed by atoms with Crippen LogP contribution in [0.3, 0.4) is 0 Å². The second-order valence-corrected chi connectivity index (χ2v) is 7.30. The van der Waals surface area contributed by atoms with E-state index in [-0.39, 0.29) is 5.91 Å². The van der Waals surface area contributed by atoms with Crippen LogP contribution in [0.4, 0.5) is 0 Å². The molecule has 0 bridgehead atoms. The van der Waals surface area contributed by atoms with Crippen LogP contribution in [0.1, 0.15) is 16.1 Å². The number of thiazole rings is 1. The number of methoxy groups -OCH3 is 1. The van der Waals surface area contributed by atoms with E-state index < -0.39 is 0 Å². The van der Waals surface area contributed by atoms with Crippen LogP contribution in [0.15, 0.2) is 58.4 Å². The number of nitrogens with zero attached hydrogens (tertiary/aromatic N) is 2. The number of aromatic nitrogens is 1. The van der Waals surface area contributed by atoms with Crippen molar-refractivity contribution in [1.29, 1.82) is 0 Å². The topological polar surface area (TPSA) is 42.4 Å². The quantitative estimate of drug-likeness (QED) is 0.596. The SMILES string of the molecule is COc1ccc(Br)cc1CN(C)C(=O)c1csc(-c2ccccc2)n1. The van der Waals surface area contributed by atoms with Crippen molar-refractivity contribution >= 4 is 33.2 Å². The number of benzene rings is 2. The third-order valence-corrected chi connectivity index (χ3v) is 5.13. The monoisotopic (exact) mass is 416 g/mol. The van der Waals surface area contributed by atoms with Gasteiger partial charge in [-0.2, -0.15) is 0 Å². The lowest BCUT2D eigenvalue weighted by Crippen LogP contribution is -2.26. The van der Waals surface area contributed by atoms with Gasteiger partial charge in [-0.05, 0) is 18.2 Å². The molecule has 0 unspecified atom stereocenters. The van der Waals surface area contributed by atoms with Gasteiger partial charge in [0.15, 0.2) is 0 Å². The lowest BCUT2D eigenvalue weighted by Gasteiger charge is -2.18. The summed E-state index contributed by atoms with van der Waals surface area (Å²) in [6, 6.07) is 15.6. The summed E-state index contributed by atoms with van der Waals surface area (Å²) in [5.74, 6) is 0.645. The van der Waals surface area contributed by atoms with Crippen molar-refractivity contribution in [2.75, 3.05) is 14.2 Å². The molecule has 0 radical (unpaired) electrons. The highest BCUT2D eigenvalue weighted by Crippen LogP contribution is 2.26. The fourth-order valence-electron chi connectivity index (χ4n) is 2.48. The second kappa shape index (κ2) is 7.80. The molecule has 0 atom stereocenters. The first-order chi connectivity index (χ1) is 12.1. The molecular formula is C19H17BrN2O2S. The lowest BCUT2D eigenvalue weighted by molar-refractivity contribution is 0.0779. The van der Waals surface area contributed by atoms with Crippen molar-refractivity contribution in [3.05, 3.63) is 69.6 Å². The number of amides is 1. The molecule has 0 spiro atoms. The van der Waals surface area contributed by atoms with E-state index in [9.17, 15) is 4.79 Å². The van der Waals surface area contributed by atoms with Crippen LogP contribution < -0.4 is 4.74 Å². The number of carbonyl (C=O) groups is 1. The van der Waals surface area contributed by atoms with Gasteiger partial charge < -0.3 is 9.64 Å². The molecule has 3 rings (SSSR count). The van der Waals surface area contributed by atoms with Crippen LogP contribution in [0, 0.1) is 0 Å². The van der Waals surface area contributed by atoms with Gasteiger partial charge in [0, 0.05) is 34.6 Å². The van der Waals surface area contributed by atoms with E-state index in [1.807, 2.05) is 48.5 Å². The summed E-state index contributed by atoms with van der Waals surface area (Å²) >= 11 is 4.93. The third kappa shape index (κ3) is 4.08. The Morgan fingerprint density at radius 3 is 2.72 bits per heavy atom. The molecule has 0 saturated heterocycles. The maximum Gasteiger partial charge on any atom is 0.273 e. The molecule has 1 amide bonds. The van der Waals surface area contributed by atoms with Crippen molar-refractivity contribution in [1.82, 2.24) is 9.88 Å². The average Bonchev–Trinajstić information content (AvgIpc) is 3.12. The van der Waals surface area contributed by atoms with Crippen molar-refractivity contribution in [3.8, 4) is 16.3 Å². The third-order valence-electron chi connectivity index (χ3n) is 3.74. The van der Waals surface area contributed by atoms with Gasteiger partial charge in [-0.1, -0.05) is 46.3 Å². The van der Waals surface area contributed by atoms with Crippen LogP contribution in [-0.4, -0.2) is 29.9 Å². The van der Waals surface area contributed by atoms with E-state index in [1.165, 1.54) is 11.3 Å². The maximum atomic E-state index is 12.7. The molecule has 3 aromatic rings. The fourth-order valence-corrected chi connectivity index (χ4v) is 3.69. The number of hydrogen-bond acceptors (Lipinski definition) is 4. The zero-order valence-corrected chi connectivity index (χ0v) is 16.3. The molecule has 6 heteroatoms. The Hall–Kier alpha value is -2.18. The minimum absolute atomic E-state index is 0.111. The first-order valence-electron chi connectivity index (χ1n) is 7.67. The van der Waals surface area contributed by atoms with Crippen LogP contribution >= 0.6 is 27.3 Å². The standard InChI is InChI=1S/C19H17BrN2O2S/c1-22(11-14-10-15(20)8-9-17(14)24-2)19(23)16-12-25-18(21-16)13-6-4-3-5-7-13/h3-10,12H,11H2,1-2H3. The van der Waals surface area contributed by atoms with Gasteiger partial charge in [-0.15, -0.1) is 11.3 Å². The first-order valence-corrected chi connectivity index (χ1v) is 9.34. The highest BCUT2D eigenvalue weighted by molar-refractivity contribution is 9.10. The predicted molar refractivity (Wildman–Crippen MR) is 104 cm³/mol. The van der Waals surface area contributed by atoms with Crippen LogP contribution in [-0.2, 0) is 6.54 Å². The normalized spacial score (nSPS) is 10.5. The Bertz CT molecular complexity index is 880. The molecule has 0 aliphatic heterocycles. The van der Waals surface area contributed by atoms with Crippen molar-refractivity contribution in [3.63, 3.8) is 0 Å². The molecular weight excluding hydrogens is 400 g/mol. The minimum atomic E-state index is -0.111. The highest BCUT2D eigenvalue weighted by atomic mass is 79.9. The van der Waals surface area contributed by atoms with E-state index in [1.54, 1.807) is 24.4 Å². The van der Waals surface area contributed by atoms with Crippen molar-refractivity contribution in [2.45, 2.75) is 6.54 Å². The molecule has 0 aliphatic carbocycles. The first kappa shape index (κ1) is 17.6. The number of halogens is 1. The van der Waals surface area contributed by atoms with Gasteiger partial charge in [0.05, 0.1) is 7.11 Å². The van der Waals surface area contributed by atoms with Crippen molar-refractivity contribution < 1.29 is 9.53 Å². The van der Waals surface area contributed by atoms with Crippen molar-refractivity contribution in [2.24, 2.45) is 0 Å². The number of carbonyl (C=O) groups excluding carboxylic acids is 1. The summed E-state index contributed by atoms with van der Waals surface area (Å²) in [4.78, 5) is 18.8. The molecule has 1 aromatic heterocycles. The lowest BCUT2D eigenvalue weighted by atomic mass is 10.2. The van der Waals surface area contributed by atoms with E-state index >= 15 is 0 Å². The van der Waals surface area contributed by atoms with E-state index in [0.29, 0.717) is 12.2 Å². The Morgan fingerprint density at radius 2 is 2.00 bits per heavy atom. The van der Waals surface area contributed by atoms with Gasteiger partial charge in [0.2, 0.25) is 0 Å². The Kier molecular flexibility index (Phi) is 5.50. The zero-order valence-electron chi connectivity index (χ0n) is 13.9. The molecule has 0 fully saturated rings. The summed E-state index contributed by atoms with van der Waals surface area (Å²) < 4.78 is 6.32. The van der Waals surface area contributed by atoms with Gasteiger partial charge in [0.1, 0.15) is 16.5 Å². The Morgan fingerprint density at radius 1 is 1.24 bits per heavy atom. The molecule has 25 heavy (non-hydrogen) atoms. The van der Waals surface area contributed by atoms with Crippen LogP contribution in [0.5, 0.6) is 5.75 Å². The summed E-state index contributed by atoms with van der Waals surface area (Å²) in [6.07, 6.45) is 0. The van der Waals surface area contributed by atoms with E-state index in [0.717, 1.165) is 26.4 Å². The summed E-state index contributed by atoms with van der Waals surface area (Å²) in [7, 11) is 3.39. The Balaban J connectivity index is 1.77. The van der Waals surface area contributed by atoms with E-state index in [2.05, 4.69) is 20.9 Å². The molecule has 4 nitrogen and oxygen atoms in total. The Labute approximate surface area is 159 Å². The second-order valence-electron chi connectivity index (χ2n) is 5.52. The summed E-state index contributed by atoms with van der Waals surface area (Å²) in [6.45, 7) is 0.444. The molecule has 2 aromatic carbocycles. The van der Waals surface area contributed by atoms with E-state index in [4.69, 9.17) is 4.74 Å². The van der Waals surface area contributed by atoms with Crippen LogP contribution in [0.2, 0.25) is 0 Å². The molecule has 0 N–H and O–H groups in total. The highest BCUT2D eigenvalue weighted by Gasteiger charge is 2.18. The number of hydrogen-bond donors (Lipinski definition) is 0. The molecule has 0 aliphatic rings. The summed E-state index contributed by atoms with van der Waals surface area (Å²) in [5.41, 5.74) is 2.41. The predicted octanol–water partition coefficient (Wildman–Crippen LogP) is 4.85. The van der Waals surface area contributed by atoms with Gasteiger partial charge in [-0.3, -0.25) is 4.79 Å². The molecule has 1 heterocycles. The maximum absolute atomic E-state index is 12.7. The number of rotatable bonds is 5. The zero-order chi connectivity index (χ0) is 17.8. The van der Waals surface area contributed by atoms with Gasteiger partial charge >= 0.3 is 0 Å². The summed E-state index contributed by atoms with van der Waals surface area (Å²) in [5, 5.41) is 2.65. The smallest absolute Gasteiger partial charge is 0.273 e. The van der Waals surface area contributed by atoms with Gasteiger partial charge in [0.25, 0.3) is 5.91 Å².